The van der Waals surface area contributed by atoms with Crippen LogP contribution in [0.1, 0.15) is 18.4 Å². The fourth-order valence-electron chi connectivity index (χ4n) is 2.34. The SMILES string of the molecule is CNCC1(C(=O)N(C)Cc2ccc(F)cc2F)CC1. The van der Waals surface area contributed by atoms with Gasteiger partial charge in [-0.1, -0.05) is 6.07 Å². The first-order chi connectivity index (χ1) is 8.98. The van der Waals surface area contributed by atoms with Gasteiger partial charge in [-0.3, -0.25) is 4.79 Å². The van der Waals surface area contributed by atoms with Crippen LogP contribution in [0.15, 0.2) is 18.2 Å². The molecular formula is C14H18F2N2O. The van der Waals surface area contributed by atoms with Gasteiger partial charge in [-0.05, 0) is 26.0 Å². The highest BCUT2D eigenvalue weighted by Gasteiger charge is 2.50. The van der Waals surface area contributed by atoms with Crippen molar-refractivity contribution in [2.24, 2.45) is 5.41 Å². The maximum Gasteiger partial charge on any atom is 0.230 e. The molecule has 3 nitrogen and oxygen atoms in total. The average Bonchev–Trinajstić information content (AvgIpc) is 3.13. The van der Waals surface area contributed by atoms with Crippen molar-refractivity contribution >= 4 is 5.91 Å². The maximum absolute atomic E-state index is 13.5. The molecule has 0 atom stereocenters. The molecule has 0 aromatic heterocycles. The van der Waals surface area contributed by atoms with Gasteiger partial charge in [0, 0.05) is 31.8 Å². The van der Waals surface area contributed by atoms with Crippen LogP contribution in [0.3, 0.4) is 0 Å². The van der Waals surface area contributed by atoms with E-state index in [0.29, 0.717) is 12.1 Å². The quantitative estimate of drug-likeness (QED) is 0.885. The summed E-state index contributed by atoms with van der Waals surface area (Å²) in [5.74, 6) is -1.20. The first-order valence-electron chi connectivity index (χ1n) is 6.32. The largest absolute Gasteiger partial charge is 0.341 e. The van der Waals surface area contributed by atoms with Crippen LogP contribution in [-0.2, 0) is 11.3 Å². The second kappa shape index (κ2) is 5.25. The number of carbonyl (C=O) groups is 1. The third kappa shape index (κ3) is 2.92. The molecule has 0 unspecified atom stereocenters. The van der Waals surface area contributed by atoms with Crippen molar-refractivity contribution in [3.05, 3.63) is 35.4 Å². The summed E-state index contributed by atoms with van der Waals surface area (Å²) in [6.07, 6.45) is 1.73. The van der Waals surface area contributed by atoms with Gasteiger partial charge < -0.3 is 10.2 Å². The first kappa shape index (κ1) is 13.9. The molecule has 1 aromatic rings. The molecule has 0 saturated heterocycles. The number of carbonyl (C=O) groups excluding carboxylic acids is 1. The molecule has 19 heavy (non-hydrogen) atoms. The molecule has 2 rings (SSSR count). The van der Waals surface area contributed by atoms with Gasteiger partial charge in [-0.15, -0.1) is 0 Å². The zero-order chi connectivity index (χ0) is 14.0. The molecule has 0 spiro atoms. The van der Waals surface area contributed by atoms with Crippen molar-refractivity contribution < 1.29 is 13.6 Å². The number of hydrogen-bond donors (Lipinski definition) is 1. The molecule has 1 N–H and O–H groups in total. The highest BCUT2D eigenvalue weighted by atomic mass is 19.1. The lowest BCUT2D eigenvalue weighted by Crippen LogP contribution is -2.38. The van der Waals surface area contributed by atoms with Crippen LogP contribution in [0.5, 0.6) is 0 Å². The number of nitrogens with one attached hydrogen (secondary N) is 1. The van der Waals surface area contributed by atoms with E-state index in [9.17, 15) is 13.6 Å². The molecule has 0 aliphatic heterocycles. The molecule has 1 amide bonds. The number of nitrogens with zero attached hydrogens (tertiary/aromatic N) is 1. The van der Waals surface area contributed by atoms with E-state index in [1.165, 1.54) is 17.0 Å². The lowest BCUT2D eigenvalue weighted by atomic mass is 10.1. The summed E-state index contributed by atoms with van der Waals surface area (Å²) in [6.45, 7) is 0.804. The van der Waals surface area contributed by atoms with Crippen LogP contribution in [0.25, 0.3) is 0 Å². The normalized spacial score (nSPS) is 16.2. The Labute approximate surface area is 111 Å². The molecule has 1 saturated carbocycles. The lowest BCUT2D eigenvalue weighted by molar-refractivity contribution is -0.136. The maximum atomic E-state index is 13.5. The number of amides is 1. The van der Waals surface area contributed by atoms with E-state index in [1.807, 2.05) is 7.05 Å². The predicted octanol–water partition coefficient (Wildman–Crippen LogP) is 1.92. The fourth-order valence-corrected chi connectivity index (χ4v) is 2.34. The number of rotatable bonds is 5. The Kier molecular flexibility index (Phi) is 3.85. The topological polar surface area (TPSA) is 32.3 Å². The van der Waals surface area contributed by atoms with E-state index < -0.39 is 11.6 Å². The zero-order valence-electron chi connectivity index (χ0n) is 11.2. The van der Waals surface area contributed by atoms with Crippen molar-refractivity contribution in [1.29, 1.82) is 0 Å². The van der Waals surface area contributed by atoms with E-state index in [0.717, 1.165) is 18.9 Å². The van der Waals surface area contributed by atoms with E-state index in [-0.39, 0.29) is 17.9 Å². The Bertz CT molecular complexity index is 486. The molecule has 1 fully saturated rings. The summed E-state index contributed by atoms with van der Waals surface area (Å²) < 4.78 is 26.4. The van der Waals surface area contributed by atoms with E-state index >= 15 is 0 Å². The molecule has 0 bridgehead atoms. The monoisotopic (exact) mass is 268 g/mol. The van der Waals surface area contributed by atoms with Gasteiger partial charge in [0.2, 0.25) is 5.91 Å². The molecule has 0 radical (unpaired) electrons. The summed E-state index contributed by atoms with van der Waals surface area (Å²) in [5, 5.41) is 3.02. The van der Waals surface area contributed by atoms with Crippen LogP contribution in [0, 0.1) is 17.0 Å². The van der Waals surface area contributed by atoms with Crippen LogP contribution in [0.2, 0.25) is 0 Å². The molecule has 1 aliphatic carbocycles. The minimum atomic E-state index is -0.613. The highest BCUT2D eigenvalue weighted by molar-refractivity contribution is 5.85. The number of hydrogen-bond acceptors (Lipinski definition) is 2. The van der Waals surface area contributed by atoms with Crippen LogP contribution < -0.4 is 5.32 Å². The summed E-state index contributed by atoms with van der Waals surface area (Å²) in [6, 6.07) is 3.43. The summed E-state index contributed by atoms with van der Waals surface area (Å²) >= 11 is 0. The van der Waals surface area contributed by atoms with Crippen LogP contribution in [0.4, 0.5) is 8.78 Å². The van der Waals surface area contributed by atoms with Gasteiger partial charge in [-0.2, -0.15) is 0 Å². The Morgan fingerprint density at radius 2 is 2.11 bits per heavy atom. The molecular weight excluding hydrogens is 250 g/mol. The smallest absolute Gasteiger partial charge is 0.230 e. The van der Waals surface area contributed by atoms with Crippen LogP contribution in [-0.4, -0.2) is 31.4 Å². The van der Waals surface area contributed by atoms with Crippen molar-refractivity contribution in [2.75, 3.05) is 20.6 Å². The second-order valence-corrected chi connectivity index (χ2v) is 5.21. The summed E-state index contributed by atoms with van der Waals surface area (Å²) in [5.41, 5.74) is 0.0116. The highest BCUT2D eigenvalue weighted by Crippen LogP contribution is 2.46. The first-order valence-corrected chi connectivity index (χ1v) is 6.32. The van der Waals surface area contributed by atoms with Gasteiger partial charge in [0.25, 0.3) is 0 Å². The van der Waals surface area contributed by atoms with Crippen molar-refractivity contribution in [1.82, 2.24) is 10.2 Å². The van der Waals surface area contributed by atoms with Gasteiger partial charge in [0.15, 0.2) is 0 Å². The van der Waals surface area contributed by atoms with E-state index in [4.69, 9.17) is 0 Å². The lowest BCUT2D eigenvalue weighted by Gasteiger charge is -2.23. The summed E-state index contributed by atoms with van der Waals surface area (Å²) in [7, 11) is 3.47. The van der Waals surface area contributed by atoms with Gasteiger partial charge in [-0.25, -0.2) is 8.78 Å². The Hall–Kier alpha value is -1.49. The Morgan fingerprint density at radius 1 is 1.42 bits per heavy atom. The fraction of sp³-hybridized carbons (Fsp3) is 0.500. The number of halogens is 2. The van der Waals surface area contributed by atoms with Crippen molar-refractivity contribution in [2.45, 2.75) is 19.4 Å². The third-order valence-corrected chi connectivity index (χ3v) is 3.59. The zero-order valence-corrected chi connectivity index (χ0v) is 11.2. The van der Waals surface area contributed by atoms with E-state index in [2.05, 4.69) is 5.32 Å². The van der Waals surface area contributed by atoms with Gasteiger partial charge >= 0.3 is 0 Å². The van der Waals surface area contributed by atoms with Crippen molar-refractivity contribution in [3.8, 4) is 0 Å². The minimum Gasteiger partial charge on any atom is -0.341 e. The van der Waals surface area contributed by atoms with Gasteiger partial charge in [0.1, 0.15) is 11.6 Å². The molecule has 1 aliphatic rings. The second-order valence-electron chi connectivity index (χ2n) is 5.21. The number of benzene rings is 1. The Morgan fingerprint density at radius 3 is 2.63 bits per heavy atom. The molecule has 104 valence electrons. The Balaban J connectivity index is 2.05. The third-order valence-electron chi connectivity index (χ3n) is 3.59. The standard InChI is InChI=1S/C14H18F2N2O/c1-17-9-14(5-6-14)13(19)18(2)8-10-3-4-11(15)7-12(10)16/h3-4,7,17H,5-6,8-9H2,1-2H3. The van der Waals surface area contributed by atoms with Crippen molar-refractivity contribution in [3.63, 3.8) is 0 Å². The van der Waals surface area contributed by atoms with Crippen LogP contribution >= 0.6 is 0 Å². The molecule has 0 heterocycles. The summed E-state index contributed by atoms with van der Waals surface area (Å²) in [4.78, 5) is 13.8. The molecule has 1 aromatic carbocycles. The average molecular weight is 268 g/mol. The predicted molar refractivity (Wildman–Crippen MR) is 68.4 cm³/mol. The minimum absolute atomic E-state index is 0.0191. The molecule has 5 heteroatoms. The van der Waals surface area contributed by atoms with Gasteiger partial charge in [0.05, 0.1) is 5.41 Å². The van der Waals surface area contributed by atoms with E-state index in [1.54, 1.807) is 7.05 Å².